The van der Waals surface area contributed by atoms with Crippen molar-refractivity contribution in [1.82, 2.24) is 9.97 Å². The minimum Gasteiger partial charge on any atom is -0.497 e. The molecule has 0 unspecified atom stereocenters. The van der Waals surface area contributed by atoms with E-state index < -0.39 is 0 Å². The molecule has 0 aliphatic heterocycles. The van der Waals surface area contributed by atoms with Gasteiger partial charge in [-0.2, -0.15) is 0 Å². The van der Waals surface area contributed by atoms with Gasteiger partial charge in [0.2, 0.25) is 0 Å². The Morgan fingerprint density at radius 3 is 2.50 bits per heavy atom. The van der Waals surface area contributed by atoms with E-state index in [0.29, 0.717) is 10.7 Å². The van der Waals surface area contributed by atoms with Crippen LogP contribution in [-0.2, 0) is 0 Å². The standard InChI is InChI=1S/C26H21N3O2S/c1-15-8-13-21-22(14-15)32-26(28-21)29-25(30)23-16(2)24(17-9-11-18(31-3)12-10-17)27-20-7-5-4-6-19(20)23/h4-14H,1-3H3,(H,28,29,30). The van der Waals surface area contributed by atoms with Crippen molar-refractivity contribution in [2.24, 2.45) is 0 Å². The molecule has 0 fully saturated rings. The largest absolute Gasteiger partial charge is 0.497 e. The predicted octanol–water partition coefficient (Wildman–Crippen LogP) is 6.39. The van der Waals surface area contributed by atoms with E-state index in [1.54, 1.807) is 7.11 Å². The Morgan fingerprint density at radius 1 is 0.938 bits per heavy atom. The summed E-state index contributed by atoms with van der Waals surface area (Å²) in [6.45, 7) is 3.99. The van der Waals surface area contributed by atoms with Crippen LogP contribution >= 0.6 is 11.3 Å². The lowest BCUT2D eigenvalue weighted by atomic mass is 9.97. The van der Waals surface area contributed by atoms with Crippen molar-refractivity contribution in [3.05, 3.63) is 83.4 Å². The SMILES string of the molecule is COc1ccc(-c2nc3ccccc3c(C(=O)Nc3nc4ccc(C)cc4s3)c2C)cc1. The van der Waals surface area contributed by atoms with Gasteiger partial charge in [-0.15, -0.1) is 0 Å². The fourth-order valence-corrected chi connectivity index (χ4v) is 4.83. The van der Waals surface area contributed by atoms with E-state index in [9.17, 15) is 4.79 Å². The van der Waals surface area contributed by atoms with Gasteiger partial charge in [0.15, 0.2) is 5.13 Å². The number of carbonyl (C=O) groups is 1. The van der Waals surface area contributed by atoms with Crippen molar-refractivity contribution in [3.63, 3.8) is 0 Å². The minimum absolute atomic E-state index is 0.188. The number of nitrogens with zero attached hydrogens (tertiary/aromatic N) is 2. The van der Waals surface area contributed by atoms with E-state index in [4.69, 9.17) is 9.72 Å². The van der Waals surface area contributed by atoms with Crippen LogP contribution in [0.25, 0.3) is 32.4 Å². The number of fused-ring (bicyclic) bond motifs is 2. The number of methoxy groups -OCH3 is 1. The van der Waals surface area contributed by atoms with E-state index in [0.717, 1.165) is 43.7 Å². The molecular weight excluding hydrogens is 418 g/mol. The second-order valence-electron chi connectivity index (χ2n) is 7.65. The van der Waals surface area contributed by atoms with Crippen LogP contribution in [0.5, 0.6) is 5.75 Å². The van der Waals surface area contributed by atoms with Gasteiger partial charge >= 0.3 is 0 Å². The van der Waals surface area contributed by atoms with Gasteiger partial charge in [-0.25, -0.2) is 9.97 Å². The van der Waals surface area contributed by atoms with Crippen LogP contribution in [0, 0.1) is 13.8 Å². The quantitative estimate of drug-likeness (QED) is 0.352. The molecule has 32 heavy (non-hydrogen) atoms. The summed E-state index contributed by atoms with van der Waals surface area (Å²) >= 11 is 1.48. The number of amides is 1. The molecule has 6 heteroatoms. The number of aryl methyl sites for hydroxylation is 1. The summed E-state index contributed by atoms with van der Waals surface area (Å²) in [6, 6.07) is 21.5. The third-order valence-corrected chi connectivity index (χ3v) is 6.42. The first-order valence-corrected chi connectivity index (χ1v) is 11.1. The maximum atomic E-state index is 13.5. The maximum absolute atomic E-state index is 13.5. The van der Waals surface area contributed by atoms with Crippen LogP contribution in [-0.4, -0.2) is 23.0 Å². The van der Waals surface area contributed by atoms with Gasteiger partial charge in [0, 0.05) is 10.9 Å². The number of benzene rings is 3. The van der Waals surface area contributed by atoms with E-state index in [1.807, 2.05) is 74.5 Å². The molecule has 0 aliphatic rings. The fourth-order valence-electron chi connectivity index (χ4n) is 3.87. The smallest absolute Gasteiger partial charge is 0.258 e. The highest BCUT2D eigenvalue weighted by atomic mass is 32.1. The van der Waals surface area contributed by atoms with Gasteiger partial charge in [0.25, 0.3) is 5.91 Å². The predicted molar refractivity (Wildman–Crippen MR) is 131 cm³/mol. The summed E-state index contributed by atoms with van der Waals surface area (Å²) in [5.74, 6) is 0.586. The third kappa shape index (κ3) is 3.59. The molecule has 0 aliphatic carbocycles. The number of anilines is 1. The Morgan fingerprint density at radius 2 is 1.72 bits per heavy atom. The Bertz CT molecular complexity index is 1470. The van der Waals surface area contributed by atoms with Gasteiger partial charge in [-0.1, -0.05) is 35.6 Å². The Hall–Kier alpha value is -3.77. The Labute approximate surface area is 189 Å². The van der Waals surface area contributed by atoms with Crippen LogP contribution in [0.3, 0.4) is 0 Å². The number of ether oxygens (including phenoxy) is 1. The third-order valence-electron chi connectivity index (χ3n) is 5.49. The van der Waals surface area contributed by atoms with Crippen LogP contribution in [0.1, 0.15) is 21.5 Å². The van der Waals surface area contributed by atoms with Gasteiger partial charge in [0.05, 0.1) is 34.1 Å². The van der Waals surface area contributed by atoms with Crippen molar-refractivity contribution in [3.8, 4) is 17.0 Å². The van der Waals surface area contributed by atoms with Crippen LogP contribution in [0.15, 0.2) is 66.7 Å². The number of hydrogen-bond donors (Lipinski definition) is 1. The second-order valence-corrected chi connectivity index (χ2v) is 8.68. The first-order valence-electron chi connectivity index (χ1n) is 10.3. The summed E-state index contributed by atoms with van der Waals surface area (Å²) in [7, 11) is 1.64. The zero-order valence-corrected chi connectivity index (χ0v) is 18.8. The number of hydrogen-bond acceptors (Lipinski definition) is 5. The lowest BCUT2D eigenvalue weighted by molar-refractivity contribution is 0.102. The number of aromatic nitrogens is 2. The molecule has 0 bridgehead atoms. The van der Waals surface area contributed by atoms with Crippen molar-refractivity contribution >= 4 is 43.5 Å². The number of nitrogens with one attached hydrogen (secondary N) is 1. The molecular formula is C26H21N3O2S. The highest BCUT2D eigenvalue weighted by molar-refractivity contribution is 7.22. The lowest BCUT2D eigenvalue weighted by Crippen LogP contribution is -2.15. The average molecular weight is 440 g/mol. The van der Waals surface area contributed by atoms with E-state index in [2.05, 4.69) is 16.4 Å². The topological polar surface area (TPSA) is 64.1 Å². The van der Waals surface area contributed by atoms with E-state index in [1.165, 1.54) is 16.9 Å². The normalized spacial score (nSPS) is 11.1. The highest BCUT2D eigenvalue weighted by Gasteiger charge is 2.20. The van der Waals surface area contributed by atoms with Crippen LogP contribution in [0.4, 0.5) is 5.13 Å². The zero-order chi connectivity index (χ0) is 22.2. The van der Waals surface area contributed by atoms with Crippen LogP contribution < -0.4 is 10.1 Å². The fraction of sp³-hybridized carbons (Fsp3) is 0.115. The summed E-state index contributed by atoms with van der Waals surface area (Å²) in [5, 5.41) is 4.42. The molecule has 5 aromatic rings. The number of rotatable bonds is 4. The van der Waals surface area contributed by atoms with Gasteiger partial charge in [0.1, 0.15) is 5.75 Å². The molecule has 0 atom stereocenters. The zero-order valence-electron chi connectivity index (χ0n) is 18.0. The molecule has 1 amide bonds. The summed E-state index contributed by atoms with van der Waals surface area (Å²) < 4.78 is 6.33. The van der Waals surface area contributed by atoms with Crippen molar-refractivity contribution < 1.29 is 9.53 Å². The number of thiazole rings is 1. The van der Waals surface area contributed by atoms with Crippen LogP contribution in [0.2, 0.25) is 0 Å². The molecule has 3 aromatic carbocycles. The number of para-hydroxylation sites is 1. The Kier molecular flexibility index (Phi) is 5.07. The first kappa shape index (κ1) is 20.2. The molecule has 0 saturated carbocycles. The molecule has 2 heterocycles. The number of pyridine rings is 1. The van der Waals surface area contributed by atoms with Gasteiger partial charge in [-0.3, -0.25) is 10.1 Å². The van der Waals surface area contributed by atoms with Crippen molar-refractivity contribution in [1.29, 1.82) is 0 Å². The first-order chi connectivity index (χ1) is 15.5. The summed E-state index contributed by atoms with van der Waals surface area (Å²) in [4.78, 5) is 22.9. The molecule has 0 saturated heterocycles. The molecule has 0 spiro atoms. The van der Waals surface area contributed by atoms with E-state index >= 15 is 0 Å². The summed E-state index contributed by atoms with van der Waals surface area (Å²) in [6.07, 6.45) is 0. The molecule has 158 valence electrons. The van der Waals surface area contributed by atoms with E-state index in [-0.39, 0.29) is 5.91 Å². The Balaban J connectivity index is 1.61. The maximum Gasteiger partial charge on any atom is 0.258 e. The van der Waals surface area contributed by atoms with Crippen molar-refractivity contribution in [2.75, 3.05) is 12.4 Å². The molecule has 0 radical (unpaired) electrons. The lowest BCUT2D eigenvalue weighted by Gasteiger charge is -2.14. The molecule has 1 N–H and O–H groups in total. The minimum atomic E-state index is -0.188. The molecule has 2 aromatic heterocycles. The summed E-state index contributed by atoms with van der Waals surface area (Å²) in [5.41, 5.74) is 5.95. The monoisotopic (exact) mass is 439 g/mol. The number of carbonyl (C=O) groups excluding carboxylic acids is 1. The van der Waals surface area contributed by atoms with Crippen molar-refractivity contribution in [2.45, 2.75) is 13.8 Å². The highest BCUT2D eigenvalue weighted by Crippen LogP contribution is 2.32. The average Bonchev–Trinajstić information content (AvgIpc) is 3.19. The van der Waals surface area contributed by atoms with Gasteiger partial charge in [-0.05, 0) is 67.4 Å². The molecule has 5 nitrogen and oxygen atoms in total. The van der Waals surface area contributed by atoms with Gasteiger partial charge < -0.3 is 4.74 Å². The molecule has 5 rings (SSSR count). The second kappa shape index (κ2) is 8.05.